The Kier molecular flexibility index (Phi) is 6.11. The average Bonchev–Trinajstić information content (AvgIpc) is 2.62. The second-order valence-corrected chi connectivity index (χ2v) is 5.43. The van der Waals surface area contributed by atoms with Crippen molar-refractivity contribution in [3.63, 3.8) is 0 Å². The zero-order valence-corrected chi connectivity index (χ0v) is 15.1. The van der Waals surface area contributed by atoms with E-state index in [1.807, 2.05) is 19.1 Å². The van der Waals surface area contributed by atoms with Crippen LogP contribution in [0, 0.1) is 6.92 Å². The number of benzene rings is 2. The molecule has 0 aliphatic rings. The maximum atomic E-state index is 12.4. The largest absolute Gasteiger partial charge is 0.496 e. The number of ether oxygens (including phenoxy) is 4. The van der Waals surface area contributed by atoms with Crippen LogP contribution in [0.5, 0.6) is 23.0 Å². The van der Waals surface area contributed by atoms with E-state index in [-0.39, 0.29) is 12.3 Å². The number of amides is 1. The summed E-state index contributed by atoms with van der Waals surface area (Å²) >= 11 is 0. The highest BCUT2D eigenvalue weighted by Crippen LogP contribution is 2.31. The Balaban J connectivity index is 2.17. The van der Waals surface area contributed by atoms with Gasteiger partial charge in [-0.2, -0.15) is 0 Å². The van der Waals surface area contributed by atoms with Crippen LogP contribution in [0.2, 0.25) is 0 Å². The molecule has 1 amide bonds. The number of rotatable bonds is 7. The highest BCUT2D eigenvalue weighted by atomic mass is 16.5. The monoisotopic (exact) mass is 345 g/mol. The molecule has 6 heteroatoms. The van der Waals surface area contributed by atoms with E-state index in [9.17, 15) is 4.79 Å². The molecule has 25 heavy (non-hydrogen) atoms. The average molecular weight is 345 g/mol. The van der Waals surface area contributed by atoms with Gasteiger partial charge < -0.3 is 24.3 Å². The summed E-state index contributed by atoms with van der Waals surface area (Å²) in [5.41, 5.74) is 2.33. The van der Waals surface area contributed by atoms with Crippen molar-refractivity contribution in [2.45, 2.75) is 13.3 Å². The Morgan fingerprint density at radius 3 is 2.08 bits per heavy atom. The first-order valence-corrected chi connectivity index (χ1v) is 7.75. The van der Waals surface area contributed by atoms with Crippen molar-refractivity contribution < 1.29 is 23.7 Å². The lowest BCUT2D eigenvalue weighted by atomic mass is 10.1. The number of hydrogen-bond donors (Lipinski definition) is 1. The third-order valence-corrected chi connectivity index (χ3v) is 3.82. The van der Waals surface area contributed by atoms with Gasteiger partial charge in [0.2, 0.25) is 5.91 Å². The number of nitrogens with one attached hydrogen (secondary N) is 1. The molecule has 2 aromatic rings. The summed E-state index contributed by atoms with van der Waals surface area (Å²) in [7, 11) is 6.29. The molecule has 0 aromatic heterocycles. The van der Waals surface area contributed by atoms with Crippen molar-refractivity contribution in [1.82, 2.24) is 0 Å². The van der Waals surface area contributed by atoms with Gasteiger partial charge in [-0.3, -0.25) is 4.79 Å². The molecule has 0 saturated carbocycles. The van der Waals surface area contributed by atoms with Crippen molar-refractivity contribution in [3.05, 3.63) is 41.5 Å². The van der Waals surface area contributed by atoms with Crippen LogP contribution in [0.4, 0.5) is 5.69 Å². The Bertz CT molecular complexity index is 758. The van der Waals surface area contributed by atoms with Crippen LogP contribution >= 0.6 is 0 Å². The first-order chi connectivity index (χ1) is 12.0. The van der Waals surface area contributed by atoms with Crippen LogP contribution in [0.15, 0.2) is 30.3 Å². The predicted molar refractivity (Wildman–Crippen MR) is 96.2 cm³/mol. The topological polar surface area (TPSA) is 66.0 Å². The van der Waals surface area contributed by atoms with Gasteiger partial charge in [0.25, 0.3) is 0 Å². The van der Waals surface area contributed by atoms with Crippen LogP contribution in [0.25, 0.3) is 0 Å². The zero-order valence-electron chi connectivity index (χ0n) is 15.1. The van der Waals surface area contributed by atoms with Crippen LogP contribution < -0.4 is 24.3 Å². The molecule has 0 heterocycles. The van der Waals surface area contributed by atoms with Crippen molar-refractivity contribution in [1.29, 1.82) is 0 Å². The van der Waals surface area contributed by atoms with Gasteiger partial charge in [-0.1, -0.05) is 0 Å². The first-order valence-electron chi connectivity index (χ1n) is 7.75. The number of aryl methyl sites for hydroxylation is 1. The van der Waals surface area contributed by atoms with E-state index < -0.39 is 0 Å². The Morgan fingerprint density at radius 2 is 1.48 bits per heavy atom. The van der Waals surface area contributed by atoms with E-state index in [0.29, 0.717) is 22.9 Å². The fourth-order valence-corrected chi connectivity index (χ4v) is 2.54. The van der Waals surface area contributed by atoms with E-state index in [1.54, 1.807) is 46.6 Å². The van der Waals surface area contributed by atoms with E-state index in [2.05, 4.69) is 5.32 Å². The minimum absolute atomic E-state index is 0.161. The van der Waals surface area contributed by atoms with Crippen LogP contribution in [0.3, 0.4) is 0 Å². The summed E-state index contributed by atoms with van der Waals surface area (Å²) in [5, 5.41) is 2.85. The molecular weight excluding hydrogens is 322 g/mol. The van der Waals surface area contributed by atoms with E-state index in [0.717, 1.165) is 16.9 Å². The third-order valence-electron chi connectivity index (χ3n) is 3.82. The van der Waals surface area contributed by atoms with Gasteiger partial charge in [0.15, 0.2) is 11.5 Å². The molecule has 2 aromatic carbocycles. The summed E-state index contributed by atoms with van der Waals surface area (Å²) in [6.07, 6.45) is 0.161. The van der Waals surface area contributed by atoms with Gasteiger partial charge in [0.05, 0.1) is 34.9 Å². The molecular formula is C19H23NO5. The quantitative estimate of drug-likeness (QED) is 0.835. The summed E-state index contributed by atoms with van der Waals surface area (Å²) in [6.45, 7) is 1.93. The second-order valence-electron chi connectivity index (χ2n) is 5.43. The highest BCUT2D eigenvalue weighted by Gasteiger charge is 2.13. The van der Waals surface area contributed by atoms with Crippen LogP contribution in [-0.2, 0) is 11.2 Å². The first kappa shape index (κ1) is 18.4. The summed E-state index contributed by atoms with van der Waals surface area (Å²) < 4.78 is 21.1. The fraction of sp³-hybridized carbons (Fsp3) is 0.316. The maximum Gasteiger partial charge on any atom is 0.228 e. The van der Waals surface area contributed by atoms with E-state index >= 15 is 0 Å². The van der Waals surface area contributed by atoms with Crippen molar-refractivity contribution in [2.24, 2.45) is 0 Å². The number of hydrogen-bond acceptors (Lipinski definition) is 5. The summed E-state index contributed by atoms with van der Waals surface area (Å²) in [6, 6.07) is 8.89. The molecule has 2 rings (SSSR count). The van der Waals surface area contributed by atoms with Gasteiger partial charge in [-0.05, 0) is 36.8 Å². The normalized spacial score (nSPS) is 10.1. The van der Waals surface area contributed by atoms with Crippen LogP contribution in [0.1, 0.15) is 11.1 Å². The van der Waals surface area contributed by atoms with Crippen LogP contribution in [-0.4, -0.2) is 34.3 Å². The molecule has 0 saturated heterocycles. The molecule has 134 valence electrons. The second kappa shape index (κ2) is 8.28. The molecule has 1 N–H and O–H groups in total. The minimum Gasteiger partial charge on any atom is -0.496 e. The Morgan fingerprint density at radius 1 is 0.840 bits per heavy atom. The number of methoxy groups -OCH3 is 4. The van der Waals surface area contributed by atoms with Gasteiger partial charge in [-0.25, -0.2) is 0 Å². The highest BCUT2D eigenvalue weighted by molar-refractivity contribution is 5.93. The van der Waals surface area contributed by atoms with Gasteiger partial charge >= 0.3 is 0 Å². The summed E-state index contributed by atoms with van der Waals surface area (Å²) in [5.74, 6) is 2.35. The molecule has 0 radical (unpaired) electrons. The smallest absolute Gasteiger partial charge is 0.228 e. The lowest BCUT2D eigenvalue weighted by Gasteiger charge is -2.14. The Labute approximate surface area is 147 Å². The molecule has 0 unspecified atom stereocenters. The van der Waals surface area contributed by atoms with Gasteiger partial charge in [0.1, 0.15) is 11.5 Å². The molecule has 6 nitrogen and oxygen atoms in total. The number of carbonyl (C=O) groups excluding carboxylic acids is 1. The van der Waals surface area contributed by atoms with Gasteiger partial charge in [-0.15, -0.1) is 0 Å². The molecule has 0 aliphatic heterocycles. The standard InChI is InChI=1S/C19H23NO5/c1-12-8-17(24-4)13(9-16(12)23-3)10-19(21)20-14-6-7-15(22-2)18(11-14)25-5/h6-9,11H,10H2,1-5H3,(H,20,21). The Hall–Kier alpha value is -2.89. The maximum absolute atomic E-state index is 12.4. The zero-order chi connectivity index (χ0) is 18.4. The van der Waals surface area contributed by atoms with Gasteiger partial charge in [0, 0.05) is 17.3 Å². The van der Waals surface area contributed by atoms with Crippen molar-refractivity contribution in [2.75, 3.05) is 33.8 Å². The third kappa shape index (κ3) is 4.35. The van der Waals surface area contributed by atoms with E-state index in [1.165, 1.54) is 0 Å². The lowest BCUT2D eigenvalue weighted by Crippen LogP contribution is -2.15. The summed E-state index contributed by atoms with van der Waals surface area (Å²) in [4.78, 5) is 12.4. The SMILES string of the molecule is COc1cc(CC(=O)Nc2ccc(OC)c(OC)c2)c(OC)cc1C. The molecule has 0 atom stereocenters. The lowest BCUT2D eigenvalue weighted by molar-refractivity contribution is -0.115. The number of carbonyl (C=O) groups is 1. The molecule has 0 spiro atoms. The molecule has 0 bridgehead atoms. The van der Waals surface area contributed by atoms with Crippen molar-refractivity contribution >= 4 is 11.6 Å². The minimum atomic E-state index is -0.170. The van der Waals surface area contributed by atoms with E-state index in [4.69, 9.17) is 18.9 Å². The van der Waals surface area contributed by atoms with Crippen molar-refractivity contribution in [3.8, 4) is 23.0 Å². The molecule has 0 aliphatic carbocycles. The number of anilines is 1. The molecule has 0 fully saturated rings. The fourth-order valence-electron chi connectivity index (χ4n) is 2.54. The predicted octanol–water partition coefficient (Wildman–Crippen LogP) is 3.21.